The fourth-order valence-electron chi connectivity index (χ4n) is 3.19. The Bertz CT molecular complexity index is 1280. The lowest BCUT2D eigenvalue weighted by atomic mass is 10.2. The van der Waals surface area contributed by atoms with E-state index in [-0.39, 0.29) is 0 Å². The summed E-state index contributed by atoms with van der Waals surface area (Å²) in [5.41, 5.74) is 3.81. The number of fused-ring (bicyclic) bond motifs is 3. The molecular formula is C22H15ClN4S. The third-order valence-electron chi connectivity index (χ3n) is 4.56. The number of rotatable bonds is 4. The number of thioether (sulfide) groups is 1. The zero-order chi connectivity index (χ0) is 18.9. The number of para-hydroxylation sites is 1. The first-order valence-electron chi connectivity index (χ1n) is 8.87. The largest absolute Gasteiger partial charge is 0.253 e. The molecule has 0 fully saturated rings. The van der Waals surface area contributed by atoms with Gasteiger partial charge in [-0.1, -0.05) is 84.0 Å². The predicted octanol–water partition coefficient (Wildman–Crippen LogP) is 5.89. The molecule has 0 saturated heterocycles. The summed E-state index contributed by atoms with van der Waals surface area (Å²) in [5.74, 6) is 1.54. The Kier molecular flexibility index (Phi) is 4.47. The molecule has 0 aliphatic carbocycles. The fourth-order valence-corrected chi connectivity index (χ4v) is 4.41. The van der Waals surface area contributed by atoms with Crippen LogP contribution in [0.25, 0.3) is 27.9 Å². The molecule has 0 spiro atoms. The summed E-state index contributed by atoms with van der Waals surface area (Å²) in [6, 6.07) is 26.0. The van der Waals surface area contributed by atoms with Gasteiger partial charge in [-0.25, -0.2) is 4.98 Å². The van der Waals surface area contributed by atoms with Gasteiger partial charge < -0.3 is 0 Å². The Morgan fingerprint density at radius 2 is 1.57 bits per heavy atom. The molecule has 0 bridgehead atoms. The second kappa shape index (κ2) is 7.26. The molecule has 2 heterocycles. The van der Waals surface area contributed by atoms with Crippen molar-refractivity contribution in [3.63, 3.8) is 0 Å². The lowest BCUT2D eigenvalue weighted by Crippen LogP contribution is -1.99. The van der Waals surface area contributed by atoms with Gasteiger partial charge in [0.15, 0.2) is 10.8 Å². The van der Waals surface area contributed by atoms with Crippen LogP contribution in [0.2, 0.25) is 5.02 Å². The van der Waals surface area contributed by atoms with Gasteiger partial charge in [0.1, 0.15) is 5.82 Å². The minimum atomic E-state index is 0.710. The number of nitrogens with zero attached hydrogens (tertiary/aromatic N) is 4. The Balaban J connectivity index is 1.68. The SMILES string of the molecule is Clc1ccccc1CSc1nnc2c3ccccc3nc(-c3ccccc3)n12. The summed E-state index contributed by atoms with van der Waals surface area (Å²) in [6.45, 7) is 0. The third kappa shape index (κ3) is 3.03. The van der Waals surface area contributed by atoms with E-state index in [4.69, 9.17) is 16.6 Å². The van der Waals surface area contributed by atoms with E-state index in [0.29, 0.717) is 5.75 Å². The van der Waals surface area contributed by atoms with Gasteiger partial charge in [-0.05, 0) is 23.8 Å². The zero-order valence-corrected chi connectivity index (χ0v) is 16.4. The molecule has 0 N–H and O–H groups in total. The van der Waals surface area contributed by atoms with Crippen LogP contribution in [0.4, 0.5) is 0 Å². The van der Waals surface area contributed by atoms with Crippen LogP contribution >= 0.6 is 23.4 Å². The third-order valence-corrected chi connectivity index (χ3v) is 5.91. The number of halogens is 1. The van der Waals surface area contributed by atoms with Crippen molar-refractivity contribution in [2.45, 2.75) is 10.9 Å². The van der Waals surface area contributed by atoms with E-state index in [1.54, 1.807) is 11.8 Å². The predicted molar refractivity (Wildman–Crippen MR) is 115 cm³/mol. The van der Waals surface area contributed by atoms with Gasteiger partial charge in [-0.15, -0.1) is 10.2 Å². The van der Waals surface area contributed by atoms with Crippen molar-refractivity contribution in [1.82, 2.24) is 19.6 Å². The van der Waals surface area contributed by atoms with Crippen LogP contribution in [0.5, 0.6) is 0 Å². The molecule has 0 amide bonds. The van der Waals surface area contributed by atoms with Crippen molar-refractivity contribution >= 4 is 39.9 Å². The monoisotopic (exact) mass is 402 g/mol. The van der Waals surface area contributed by atoms with Crippen LogP contribution in [-0.4, -0.2) is 19.6 Å². The molecule has 5 rings (SSSR count). The number of hydrogen-bond acceptors (Lipinski definition) is 4. The van der Waals surface area contributed by atoms with Gasteiger partial charge in [-0.3, -0.25) is 4.40 Å². The molecule has 0 unspecified atom stereocenters. The van der Waals surface area contributed by atoms with Crippen LogP contribution < -0.4 is 0 Å². The highest BCUT2D eigenvalue weighted by atomic mass is 35.5. The van der Waals surface area contributed by atoms with Crippen molar-refractivity contribution in [1.29, 1.82) is 0 Å². The fraction of sp³-hybridized carbons (Fsp3) is 0.0455. The van der Waals surface area contributed by atoms with E-state index >= 15 is 0 Å². The first-order chi connectivity index (χ1) is 13.8. The summed E-state index contributed by atoms with van der Waals surface area (Å²) in [4.78, 5) is 4.92. The number of hydrogen-bond donors (Lipinski definition) is 0. The lowest BCUT2D eigenvalue weighted by molar-refractivity contribution is 0.913. The first kappa shape index (κ1) is 17.2. The van der Waals surface area contributed by atoms with Crippen molar-refractivity contribution in [2.75, 3.05) is 0 Å². The molecular weight excluding hydrogens is 388 g/mol. The number of benzene rings is 3. The Labute approximate surface area is 171 Å². The molecule has 2 aromatic heterocycles. The molecule has 5 aromatic rings. The maximum atomic E-state index is 6.32. The molecule has 136 valence electrons. The van der Waals surface area contributed by atoms with Gasteiger partial charge in [0.2, 0.25) is 0 Å². The first-order valence-corrected chi connectivity index (χ1v) is 10.2. The van der Waals surface area contributed by atoms with Crippen LogP contribution in [0, 0.1) is 0 Å². The standard InChI is InChI=1S/C22H15ClN4S/c23-18-12-6-4-10-16(18)14-28-22-26-25-21-17-11-5-7-13-19(17)24-20(27(21)22)15-8-2-1-3-9-15/h1-13H,14H2. The van der Waals surface area contributed by atoms with Crippen molar-refractivity contribution in [3.05, 3.63) is 89.4 Å². The van der Waals surface area contributed by atoms with E-state index in [1.165, 1.54) is 0 Å². The Morgan fingerprint density at radius 3 is 2.43 bits per heavy atom. The van der Waals surface area contributed by atoms with E-state index in [0.717, 1.165) is 43.7 Å². The van der Waals surface area contributed by atoms with Gasteiger partial charge in [0.05, 0.1) is 5.52 Å². The van der Waals surface area contributed by atoms with Crippen molar-refractivity contribution in [3.8, 4) is 11.4 Å². The van der Waals surface area contributed by atoms with E-state index in [9.17, 15) is 0 Å². The highest BCUT2D eigenvalue weighted by molar-refractivity contribution is 7.98. The van der Waals surface area contributed by atoms with E-state index in [2.05, 4.69) is 22.3 Å². The second-order valence-electron chi connectivity index (χ2n) is 6.34. The van der Waals surface area contributed by atoms with Crippen LogP contribution in [-0.2, 0) is 5.75 Å². The maximum Gasteiger partial charge on any atom is 0.197 e. The Hall–Kier alpha value is -2.89. The van der Waals surface area contributed by atoms with Gasteiger partial charge in [0, 0.05) is 21.7 Å². The molecule has 28 heavy (non-hydrogen) atoms. The zero-order valence-electron chi connectivity index (χ0n) is 14.8. The summed E-state index contributed by atoms with van der Waals surface area (Å²) < 4.78 is 2.04. The molecule has 4 nitrogen and oxygen atoms in total. The Morgan fingerprint density at radius 1 is 0.821 bits per heavy atom. The molecule has 0 aliphatic heterocycles. The van der Waals surface area contributed by atoms with Crippen LogP contribution in [0.15, 0.2) is 84.0 Å². The van der Waals surface area contributed by atoms with Gasteiger partial charge in [-0.2, -0.15) is 0 Å². The molecule has 0 saturated carbocycles. The quantitative estimate of drug-likeness (QED) is 0.351. The lowest BCUT2D eigenvalue weighted by Gasteiger charge is -2.10. The highest BCUT2D eigenvalue weighted by Crippen LogP contribution is 2.31. The normalized spacial score (nSPS) is 11.3. The summed E-state index contributed by atoms with van der Waals surface area (Å²) >= 11 is 7.93. The highest BCUT2D eigenvalue weighted by Gasteiger charge is 2.16. The van der Waals surface area contributed by atoms with Crippen molar-refractivity contribution < 1.29 is 0 Å². The molecule has 6 heteroatoms. The molecule has 3 aromatic carbocycles. The summed E-state index contributed by atoms with van der Waals surface area (Å²) in [7, 11) is 0. The van der Waals surface area contributed by atoms with Crippen LogP contribution in [0.3, 0.4) is 0 Å². The number of aromatic nitrogens is 4. The van der Waals surface area contributed by atoms with Gasteiger partial charge >= 0.3 is 0 Å². The molecule has 0 aliphatic rings. The minimum Gasteiger partial charge on any atom is -0.253 e. The van der Waals surface area contributed by atoms with Crippen LogP contribution in [0.1, 0.15) is 5.56 Å². The maximum absolute atomic E-state index is 6.32. The van der Waals surface area contributed by atoms with E-state index in [1.807, 2.05) is 71.1 Å². The molecule has 0 atom stereocenters. The minimum absolute atomic E-state index is 0.710. The topological polar surface area (TPSA) is 43.1 Å². The average Bonchev–Trinajstić information content (AvgIpc) is 3.18. The summed E-state index contributed by atoms with van der Waals surface area (Å²) in [5, 5.41) is 11.5. The van der Waals surface area contributed by atoms with E-state index < -0.39 is 0 Å². The van der Waals surface area contributed by atoms with Crippen molar-refractivity contribution in [2.24, 2.45) is 0 Å². The molecule has 0 radical (unpaired) electrons. The average molecular weight is 403 g/mol. The summed E-state index contributed by atoms with van der Waals surface area (Å²) in [6.07, 6.45) is 0. The second-order valence-corrected chi connectivity index (χ2v) is 7.69. The van der Waals surface area contributed by atoms with Gasteiger partial charge in [0.25, 0.3) is 0 Å². The smallest absolute Gasteiger partial charge is 0.197 e.